The largest absolute Gasteiger partial charge is 0.497 e. The number of methoxy groups -OCH3 is 1. The number of hydrogen-bond acceptors (Lipinski definition) is 4. The van der Waals surface area contributed by atoms with Crippen LogP contribution in [0.3, 0.4) is 0 Å². The van der Waals surface area contributed by atoms with Gasteiger partial charge >= 0.3 is 0 Å². The van der Waals surface area contributed by atoms with Crippen LogP contribution in [-0.2, 0) is 21.4 Å². The van der Waals surface area contributed by atoms with Crippen LogP contribution >= 0.6 is 11.6 Å². The molecule has 0 unspecified atom stereocenters. The van der Waals surface area contributed by atoms with E-state index in [2.05, 4.69) is 0 Å². The van der Waals surface area contributed by atoms with Crippen LogP contribution < -0.4 is 4.74 Å². The molecule has 5 nitrogen and oxygen atoms in total. The van der Waals surface area contributed by atoms with Gasteiger partial charge in [-0.1, -0.05) is 17.7 Å². The molecule has 0 saturated carbocycles. The quantitative estimate of drug-likeness (QED) is 0.766. The van der Waals surface area contributed by atoms with Crippen LogP contribution in [0.25, 0.3) is 0 Å². The third kappa shape index (κ3) is 3.95. The van der Waals surface area contributed by atoms with Crippen molar-refractivity contribution in [1.82, 2.24) is 4.31 Å². The zero-order chi connectivity index (χ0) is 18.0. The maximum atomic E-state index is 13.0. The summed E-state index contributed by atoms with van der Waals surface area (Å²) in [6.07, 6.45) is -0.214. The molecule has 8 heteroatoms. The van der Waals surface area contributed by atoms with Crippen LogP contribution in [0.5, 0.6) is 5.75 Å². The molecule has 1 heterocycles. The number of benzene rings is 2. The highest BCUT2D eigenvalue weighted by molar-refractivity contribution is 7.89. The van der Waals surface area contributed by atoms with E-state index in [0.29, 0.717) is 16.3 Å². The molecule has 0 amide bonds. The number of halogens is 2. The van der Waals surface area contributed by atoms with Crippen molar-refractivity contribution in [2.75, 3.05) is 20.2 Å². The minimum absolute atomic E-state index is 0.209. The fourth-order valence-electron chi connectivity index (χ4n) is 2.45. The van der Waals surface area contributed by atoms with Crippen LogP contribution in [-0.4, -0.2) is 39.0 Å². The summed E-state index contributed by atoms with van der Waals surface area (Å²) in [5, 5.41) is 0.294. The monoisotopic (exact) mass is 385 g/mol. The Morgan fingerprint density at radius 1 is 1.20 bits per heavy atom. The Kier molecular flexibility index (Phi) is 5.29. The van der Waals surface area contributed by atoms with Gasteiger partial charge in [0.2, 0.25) is 10.0 Å². The number of nitrogens with zero attached hydrogens (tertiary/aromatic N) is 1. The second-order valence-electron chi connectivity index (χ2n) is 5.67. The maximum absolute atomic E-state index is 13.0. The summed E-state index contributed by atoms with van der Waals surface area (Å²) < 4.78 is 50.0. The molecule has 0 radical (unpaired) electrons. The highest BCUT2D eigenvalue weighted by Crippen LogP contribution is 2.26. The Morgan fingerprint density at radius 2 is 1.88 bits per heavy atom. The van der Waals surface area contributed by atoms with Gasteiger partial charge in [0.05, 0.1) is 24.7 Å². The molecule has 0 bridgehead atoms. The molecular weight excluding hydrogens is 369 g/mol. The molecule has 134 valence electrons. The van der Waals surface area contributed by atoms with Crippen LogP contribution in [0.15, 0.2) is 47.4 Å². The standard InChI is InChI=1S/C17H17ClFNO4S/c1-23-14-4-6-16(7-5-14)25(21,22)20-9-15(10-20)24-11-12-2-3-13(19)8-17(12)18/h2-8,15H,9-11H2,1H3. The van der Waals surface area contributed by atoms with Crippen molar-refractivity contribution in [3.05, 3.63) is 58.9 Å². The van der Waals surface area contributed by atoms with Gasteiger partial charge < -0.3 is 9.47 Å². The van der Waals surface area contributed by atoms with Gasteiger partial charge in [-0.3, -0.25) is 0 Å². The lowest BCUT2D eigenvalue weighted by Gasteiger charge is -2.37. The van der Waals surface area contributed by atoms with Crippen LogP contribution in [0, 0.1) is 5.82 Å². The summed E-state index contributed by atoms with van der Waals surface area (Å²) in [4.78, 5) is 0.216. The topological polar surface area (TPSA) is 55.8 Å². The molecule has 0 spiro atoms. The molecule has 25 heavy (non-hydrogen) atoms. The molecule has 1 aliphatic heterocycles. The summed E-state index contributed by atoms with van der Waals surface area (Å²) >= 11 is 5.94. The zero-order valence-electron chi connectivity index (χ0n) is 13.5. The molecule has 0 aromatic heterocycles. The normalized spacial score (nSPS) is 15.8. The van der Waals surface area contributed by atoms with Crippen molar-refractivity contribution >= 4 is 21.6 Å². The van der Waals surface area contributed by atoms with Crippen molar-refractivity contribution in [1.29, 1.82) is 0 Å². The summed E-state index contributed by atoms with van der Waals surface area (Å²) in [5.41, 5.74) is 0.666. The Morgan fingerprint density at radius 3 is 2.48 bits per heavy atom. The van der Waals surface area contributed by atoms with Crippen molar-refractivity contribution < 1.29 is 22.3 Å². The van der Waals surface area contributed by atoms with Gasteiger partial charge in [-0.15, -0.1) is 0 Å². The number of ether oxygens (including phenoxy) is 2. The van der Waals surface area contributed by atoms with E-state index in [1.54, 1.807) is 18.2 Å². The van der Waals surface area contributed by atoms with E-state index < -0.39 is 15.8 Å². The summed E-state index contributed by atoms with van der Waals surface area (Å²) in [5.74, 6) is 0.189. The lowest BCUT2D eigenvalue weighted by molar-refractivity contribution is -0.0295. The van der Waals surface area contributed by atoms with Gasteiger partial charge in [0, 0.05) is 18.1 Å². The third-order valence-corrected chi connectivity index (χ3v) is 6.20. The fourth-order valence-corrected chi connectivity index (χ4v) is 4.17. The van der Waals surface area contributed by atoms with Crippen molar-refractivity contribution in [2.45, 2.75) is 17.6 Å². The summed E-state index contributed by atoms with van der Waals surface area (Å²) in [7, 11) is -2.01. The van der Waals surface area contributed by atoms with E-state index in [1.807, 2.05) is 0 Å². The summed E-state index contributed by atoms with van der Waals surface area (Å²) in [6.45, 7) is 0.751. The Bertz CT molecular complexity index is 851. The molecule has 3 rings (SSSR count). The number of sulfonamides is 1. The Hall–Kier alpha value is -1.67. The predicted molar refractivity (Wildman–Crippen MR) is 91.7 cm³/mol. The smallest absolute Gasteiger partial charge is 0.243 e. The first kappa shape index (κ1) is 18.1. The molecule has 2 aromatic rings. The van der Waals surface area contributed by atoms with Gasteiger partial charge in [0.1, 0.15) is 11.6 Å². The van der Waals surface area contributed by atoms with Gasteiger partial charge in [0.25, 0.3) is 0 Å². The van der Waals surface area contributed by atoms with E-state index >= 15 is 0 Å². The first-order chi connectivity index (χ1) is 11.9. The lowest BCUT2D eigenvalue weighted by atomic mass is 10.2. The molecule has 0 atom stereocenters. The van der Waals surface area contributed by atoms with Gasteiger partial charge in [0.15, 0.2) is 0 Å². The third-order valence-electron chi connectivity index (χ3n) is 4.00. The van der Waals surface area contributed by atoms with E-state index in [-0.39, 0.29) is 30.7 Å². The van der Waals surface area contributed by atoms with Crippen molar-refractivity contribution in [2.24, 2.45) is 0 Å². The second kappa shape index (κ2) is 7.29. The van der Waals surface area contributed by atoms with Gasteiger partial charge in [-0.2, -0.15) is 4.31 Å². The molecule has 1 fully saturated rings. The van der Waals surface area contributed by atoms with Gasteiger partial charge in [-0.25, -0.2) is 12.8 Å². The van der Waals surface area contributed by atoms with Crippen LogP contribution in [0.4, 0.5) is 4.39 Å². The lowest BCUT2D eigenvalue weighted by Crippen LogP contribution is -2.54. The molecule has 1 aliphatic rings. The summed E-state index contributed by atoms with van der Waals surface area (Å²) in [6, 6.07) is 10.3. The first-order valence-electron chi connectivity index (χ1n) is 7.60. The molecule has 0 aliphatic carbocycles. The highest BCUT2D eigenvalue weighted by Gasteiger charge is 2.37. The van der Waals surface area contributed by atoms with Gasteiger partial charge in [-0.05, 0) is 42.0 Å². The average Bonchev–Trinajstić information content (AvgIpc) is 2.55. The fraction of sp³-hybridized carbons (Fsp3) is 0.294. The minimum Gasteiger partial charge on any atom is -0.497 e. The predicted octanol–water partition coefficient (Wildman–Crippen LogP) is 3.08. The average molecular weight is 386 g/mol. The second-order valence-corrected chi connectivity index (χ2v) is 8.01. The van der Waals surface area contributed by atoms with Crippen molar-refractivity contribution in [3.8, 4) is 5.75 Å². The molecular formula is C17H17ClFNO4S. The molecule has 2 aromatic carbocycles. The van der Waals surface area contributed by atoms with Crippen molar-refractivity contribution in [3.63, 3.8) is 0 Å². The zero-order valence-corrected chi connectivity index (χ0v) is 15.1. The molecule has 0 N–H and O–H groups in total. The van der Waals surface area contributed by atoms with E-state index in [1.165, 1.54) is 35.7 Å². The maximum Gasteiger partial charge on any atom is 0.243 e. The van der Waals surface area contributed by atoms with E-state index in [9.17, 15) is 12.8 Å². The SMILES string of the molecule is COc1ccc(S(=O)(=O)N2CC(OCc3ccc(F)cc3Cl)C2)cc1. The van der Waals surface area contributed by atoms with Crippen LogP contribution in [0.1, 0.15) is 5.56 Å². The Balaban J connectivity index is 1.56. The van der Waals surface area contributed by atoms with E-state index in [4.69, 9.17) is 21.1 Å². The first-order valence-corrected chi connectivity index (χ1v) is 9.41. The molecule has 1 saturated heterocycles. The highest BCUT2D eigenvalue weighted by atomic mass is 35.5. The minimum atomic E-state index is -3.53. The number of rotatable bonds is 6. The van der Waals surface area contributed by atoms with Crippen LogP contribution in [0.2, 0.25) is 5.02 Å². The Labute approximate surface area is 151 Å². The van der Waals surface area contributed by atoms with E-state index in [0.717, 1.165) is 0 Å². The number of hydrogen-bond donors (Lipinski definition) is 0.